The van der Waals surface area contributed by atoms with Crippen molar-refractivity contribution in [2.24, 2.45) is 0 Å². The van der Waals surface area contributed by atoms with Gasteiger partial charge >= 0.3 is 0 Å². The molecule has 1 aromatic carbocycles. The summed E-state index contributed by atoms with van der Waals surface area (Å²) in [6, 6.07) is 4.14. The summed E-state index contributed by atoms with van der Waals surface area (Å²) in [6.07, 6.45) is 0. The van der Waals surface area contributed by atoms with Gasteiger partial charge in [0, 0.05) is 28.2 Å². The van der Waals surface area contributed by atoms with Gasteiger partial charge in [0.2, 0.25) is 0 Å². The Labute approximate surface area is 110 Å². The van der Waals surface area contributed by atoms with Crippen LogP contribution in [-0.4, -0.2) is 54.7 Å². The molecule has 19 heavy (non-hydrogen) atoms. The predicted molar refractivity (Wildman–Crippen MR) is 69.1 cm³/mol. The van der Waals surface area contributed by atoms with Crippen LogP contribution in [0, 0.1) is 10.1 Å². The van der Waals surface area contributed by atoms with E-state index in [4.69, 9.17) is 0 Å². The number of carbonyl (C=O) groups excluding carboxylic acids is 2. The first-order valence-corrected chi connectivity index (χ1v) is 5.48. The number of nitro benzene ring substituents is 1. The zero-order valence-electron chi connectivity index (χ0n) is 11.2. The van der Waals surface area contributed by atoms with Crippen LogP contribution in [0.1, 0.15) is 20.7 Å². The van der Waals surface area contributed by atoms with Gasteiger partial charge in [0.15, 0.2) is 0 Å². The summed E-state index contributed by atoms with van der Waals surface area (Å²) in [5.41, 5.74) is -0.648. The van der Waals surface area contributed by atoms with Crippen molar-refractivity contribution in [2.45, 2.75) is 0 Å². The Kier molecular flexibility index (Phi) is 4.21. The van der Waals surface area contributed by atoms with Crippen molar-refractivity contribution in [3.8, 4) is 0 Å². The second-order valence-corrected chi connectivity index (χ2v) is 4.36. The Morgan fingerprint density at radius 1 is 1.00 bits per heavy atom. The molecule has 0 radical (unpaired) electrons. The first-order valence-electron chi connectivity index (χ1n) is 5.48. The molecule has 1 rings (SSSR count). The fraction of sp³-hybridized carbons (Fsp3) is 0.333. The standard InChI is InChI=1S/C12H15N3O4/c1-13(2)11(16)8-6-5-7-9(10(8)15(18)19)12(17)14(3)4/h5-7H,1-4H3. The topological polar surface area (TPSA) is 83.8 Å². The minimum Gasteiger partial charge on any atom is -0.345 e. The van der Waals surface area contributed by atoms with Crippen LogP contribution in [0.3, 0.4) is 0 Å². The molecule has 0 bridgehead atoms. The van der Waals surface area contributed by atoms with Crippen molar-refractivity contribution in [3.05, 3.63) is 39.4 Å². The minimum atomic E-state index is -0.701. The summed E-state index contributed by atoms with van der Waals surface area (Å²) in [4.78, 5) is 36.7. The SMILES string of the molecule is CN(C)C(=O)c1cccc(C(=O)N(C)C)c1[N+](=O)[O-]. The molecule has 0 N–H and O–H groups in total. The smallest absolute Gasteiger partial charge is 0.294 e. The highest BCUT2D eigenvalue weighted by molar-refractivity contribution is 6.05. The molecule has 0 saturated heterocycles. The van der Waals surface area contributed by atoms with Crippen LogP contribution in [0.15, 0.2) is 18.2 Å². The highest BCUT2D eigenvalue weighted by atomic mass is 16.6. The van der Waals surface area contributed by atoms with E-state index in [-0.39, 0.29) is 11.1 Å². The van der Waals surface area contributed by atoms with Gasteiger partial charge in [-0.2, -0.15) is 0 Å². The lowest BCUT2D eigenvalue weighted by molar-refractivity contribution is -0.385. The van der Waals surface area contributed by atoms with Crippen LogP contribution in [-0.2, 0) is 0 Å². The number of amides is 2. The minimum absolute atomic E-state index is 0.0947. The monoisotopic (exact) mass is 265 g/mol. The number of hydrogen-bond acceptors (Lipinski definition) is 4. The van der Waals surface area contributed by atoms with E-state index in [1.165, 1.54) is 56.2 Å². The molecule has 7 heteroatoms. The van der Waals surface area contributed by atoms with Gasteiger partial charge in [-0.3, -0.25) is 19.7 Å². The van der Waals surface area contributed by atoms with Gasteiger partial charge in [-0.05, 0) is 12.1 Å². The summed E-state index contributed by atoms with van der Waals surface area (Å²) in [7, 11) is 5.97. The van der Waals surface area contributed by atoms with E-state index in [9.17, 15) is 19.7 Å². The van der Waals surface area contributed by atoms with Gasteiger partial charge in [0.05, 0.1) is 4.92 Å². The molecule has 0 unspecified atom stereocenters. The lowest BCUT2D eigenvalue weighted by Gasteiger charge is -2.14. The molecule has 0 aliphatic carbocycles. The number of nitrogens with zero attached hydrogens (tertiary/aromatic N) is 3. The number of rotatable bonds is 3. The van der Waals surface area contributed by atoms with Crippen molar-refractivity contribution < 1.29 is 14.5 Å². The number of para-hydroxylation sites is 1. The van der Waals surface area contributed by atoms with Crippen molar-refractivity contribution in [1.82, 2.24) is 9.80 Å². The van der Waals surface area contributed by atoms with Gasteiger partial charge in [0.1, 0.15) is 11.1 Å². The second kappa shape index (κ2) is 5.47. The molecular weight excluding hydrogens is 250 g/mol. The van der Waals surface area contributed by atoms with Crippen molar-refractivity contribution in [2.75, 3.05) is 28.2 Å². The summed E-state index contributed by atoms with van der Waals surface area (Å²) >= 11 is 0. The van der Waals surface area contributed by atoms with E-state index in [0.29, 0.717) is 0 Å². The molecule has 7 nitrogen and oxygen atoms in total. The van der Waals surface area contributed by atoms with Crippen LogP contribution >= 0.6 is 0 Å². The van der Waals surface area contributed by atoms with Crippen LogP contribution in [0.4, 0.5) is 5.69 Å². The quantitative estimate of drug-likeness (QED) is 0.603. The Morgan fingerprint density at radius 2 is 1.37 bits per heavy atom. The third-order valence-corrected chi connectivity index (χ3v) is 2.49. The molecule has 0 fully saturated rings. The van der Waals surface area contributed by atoms with E-state index >= 15 is 0 Å². The largest absolute Gasteiger partial charge is 0.345 e. The van der Waals surface area contributed by atoms with Crippen LogP contribution in [0.5, 0.6) is 0 Å². The molecule has 102 valence electrons. The maximum atomic E-state index is 11.9. The lowest BCUT2D eigenvalue weighted by atomic mass is 10.1. The molecule has 2 amide bonds. The number of benzene rings is 1. The summed E-state index contributed by atoms with van der Waals surface area (Å²) in [5.74, 6) is -1.03. The van der Waals surface area contributed by atoms with E-state index in [0.717, 1.165) is 0 Å². The molecule has 0 aromatic heterocycles. The first-order chi connectivity index (χ1) is 8.77. The fourth-order valence-corrected chi connectivity index (χ4v) is 1.57. The van der Waals surface area contributed by atoms with E-state index < -0.39 is 22.4 Å². The molecule has 0 heterocycles. The molecule has 0 spiro atoms. The second-order valence-electron chi connectivity index (χ2n) is 4.36. The molecule has 1 aromatic rings. The molecule has 0 saturated carbocycles. The highest BCUT2D eigenvalue weighted by Crippen LogP contribution is 2.25. The van der Waals surface area contributed by atoms with Gasteiger partial charge in [-0.1, -0.05) is 6.07 Å². The van der Waals surface area contributed by atoms with Gasteiger partial charge in [-0.15, -0.1) is 0 Å². The predicted octanol–water partition coefficient (Wildman–Crippen LogP) is 0.998. The van der Waals surface area contributed by atoms with Crippen molar-refractivity contribution >= 4 is 17.5 Å². The molecule has 0 aliphatic rings. The number of hydrogen-bond donors (Lipinski definition) is 0. The first kappa shape index (κ1) is 14.6. The fourth-order valence-electron chi connectivity index (χ4n) is 1.57. The zero-order chi connectivity index (χ0) is 14.7. The average Bonchev–Trinajstić information content (AvgIpc) is 2.35. The van der Waals surface area contributed by atoms with Gasteiger partial charge < -0.3 is 9.80 Å². The van der Waals surface area contributed by atoms with Crippen LogP contribution in [0.2, 0.25) is 0 Å². The summed E-state index contributed by atoms with van der Waals surface area (Å²) in [6.45, 7) is 0. The maximum absolute atomic E-state index is 11.9. The third kappa shape index (κ3) is 2.87. The van der Waals surface area contributed by atoms with E-state index in [2.05, 4.69) is 0 Å². The van der Waals surface area contributed by atoms with Crippen molar-refractivity contribution in [3.63, 3.8) is 0 Å². The number of nitro groups is 1. The maximum Gasteiger partial charge on any atom is 0.294 e. The van der Waals surface area contributed by atoms with E-state index in [1.807, 2.05) is 0 Å². The zero-order valence-corrected chi connectivity index (χ0v) is 11.2. The Bertz CT molecular complexity index is 500. The highest BCUT2D eigenvalue weighted by Gasteiger charge is 2.29. The Morgan fingerprint density at radius 3 is 1.63 bits per heavy atom. The summed E-state index contributed by atoms with van der Waals surface area (Å²) < 4.78 is 0. The Hall–Kier alpha value is -2.44. The van der Waals surface area contributed by atoms with Crippen LogP contribution < -0.4 is 0 Å². The van der Waals surface area contributed by atoms with E-state index in [1.54, 1.807) is 0 Å². The van der Waals surface area contributed by atoms with Gasteiger partial charge in [-0.25, -0.2) is 0 Å². The molecule has 0 aliphatic heterocycles. The lowest BCUT2D eigenvalue weighted by Crippen LogP contribution is -2.26. The van der Waals surface area contributed by atoms with Crippen LogP contribution in [0.25, 0.3) is 0 Å². The Balaban J connectivity index is 3.51. The number of carbonyl (C=O) groups is 2. The van der Waals surface area contributed by atoms with Gasteiger partial charge in [0.25, 0.3) is 17.5 Å². The molecular formula is C12H15N3O4. The average molecular weight is 265 g/mol. The summed E-state index contributed by atoms with van der Waals surface area (Å²) in [5, 5.41) is 11.2. The molecule has 0 atom stereocenters. The van der Waals surface area contributed by atoms with Crippen molar-refractivity contribution in [1.29, 1.82) is 0 Å². The third-order valence-electron chi connectivity index (χ3n) is 2.49. The normalized spacial score (nSPS) is 9.89.